The number of methoxy groups -OCH3 is 2. The zero-order valence-corrected chi connectivity index (χ0v) is 19.3. The quantitative estimate of drug-likeness (QED) is 0.492. The van der Waals surface area contributed by atoms with E-state index in [0.29, 0.717) is 34.4 Å². The average molecular weight is 457 g/mol. The maximum atomic E-state index is 10.9. The number of piperidine rings is 1. The van der Waals surface area contributed by atoms with E-state index in [4.69, 9.17) is 25.8 Å². The molecule has 0 saturated carbocycles. The minimum atomic E-state index is 0.121. The van der Waals surface area contributed by atoms with Gasteiger partial charge >= 0.3 is 0 Å². The largest absolute Gasteiger partial charge is 0.495 e. The van der Waals surface area contributed by atoms with Crippen LogP contribution in [0.1, 0.15) is 19.3 Å². The highest BCUT2D eigenvalue weighted by atomic mass is 35.5. The van der Waals surface area contributed by atoms with Gasteiger partial charge in [0.15, 0.2) is 11.5 Å². The van der Waals surface area contributed by atoms with Crippen LogP contribution in [0.25, 0.3) is 16.8 Å². The Hall–Kier alpha value is -2.83. The zero-order valence-electron chi connectivity index (χ0n) is 18.5. The first-order chi connectivity index (χ1) is 15.6. The Morgan fingerprint density at radius 2 is 1.66 bits per heavy atom. The van der Waals surface area contributed by atoms with E-state index in [1.165, 1.54) is 19.3 Å². The van der Waals surface area contributed by atoms with E-state index in [2.05, 4.69) is 4.90 Å². The van der Waals surface area contributed by atoms with Crippen LogP contribution in [0.3, 0.4) is 0 Å². The number of hydrogen-bond acceptors (Lipinski definition) is 5. The van der Waals surface area contributed by atoms with E-state index in [-0.39, 0.29) is 5.88 Å². The molecular formula is C25H29ClN2O4. The Kier molecular flexibility index (Phi) is 7.12. The van der Waals surface area contributed by atoms with Crippen molar-refractivity contribution in [2.24, 2.45) is 0 Å². The third kappa shape index (κ3) is 4.81. The molecule has 7 heteroatoms. The number of hydrogen-bond donors (Lipinski definition) is 1. The molecule has 0 aliphatic carbocycles. The van der Waals surface area contributed by atoms with Crippen LogP contribution in [0, 0.1) is 0 Å². The van der Waals surface area contributed by atoms with Gasteiger partial charge in [0.05, 0.1) is 24.9 Å². The number of halogens is 1. The van der Waals surface area contributed by atoms with Gasteiger partial charge in [-0.2, -0.15) is 0 Å². The molecule has 2 heterocycles. The van der Waals surface area contributed by atoms with E-state index in [0.717, 1.165) is 30.9 Å². The molecule has 1 N–H and O–H groups in total. The number of aromatic hydroxyl groups is 1. The van der Waals surface area contributed by atoms with Gasteiger partial charge < -0.3 is 19.3 Å². The molecular weight excluding hydrogens is 428 g/mol. The standard InChI is InChI=1S/C25H29ClN2O4/c1-30-22-9-7-19(17-21(22)26)28-13-10-20(25(28)29)18-6-8-23(31-2)24(16-18)32-15-14-27-11-4-3-5-12-27/h6-10,13,16-17,29H,3-5,11-12,14-15H2,1-2H3. The Morgan fingerprint density at radius 1 is 0.906 bits per heavy atom. The van der Waals surface area contributed by atoms with Crippen molar-refractivity contribution in [1.29, 1.82) is 0 Å². The normalized spacial score (nSPS) is 14.3. The highest BCUT2D eigenvalue weighted by molar-refractivity contribution is 6.32. The molecule has 4 rings (SSSR count). The summed E-state index contributed by atoms with van der Waals surface area (Å²) in [6.45, 7) is 3.76. The second-order valence-corrected chi connectivity index (χ2v) is 8.27. The molecule has 0 bridgehead atoms. The van der Waals surface area contributed by atoms with Gasteiger partial charge in [0.1, 0.15) is 12.4 Å². The van der Waals surface area contributed by atoms with E-state index >= 15 is 0 Å². The molecule has 1 aliphatic rings. The molecule has 3 aromatic rings. The first-order valence-corrected chi connectivity index (χ1v) is 11.3. The summed E-state index contributed by atoms with van der Waals surface area (Å²) in [7, 11) is 3.20. The van der Waals surface area contributed by atoms with E-state index < -0.39 is 0 Å². The second-order valence-electron chi connectivity index (χ2n) is 7.86. The van der Waals surface area contributed by atoms with Gasteiger partial charge in [0.25, 0.3) is 0 Å². The number of nitrogens with zero attached hydrogens (tertiary/aromatic N) is 2. The summed E-state index contributed by atoms with van der Waals surface area (Å²) in [6, 6.07) is 12.9. The lowest BCUT2D eigenvalue weighted by molar-refractivity contribution is 0.180. The Labute approximate surface area is 193 Å². The van der Waals surface area contributed by atoms with Crippen LogP contribution in [0.2, 0.25) is 5.02 Å². The van der Waals surface area contributed by atoms with Gasteiger partial charge in [-0.05, 0) is 67.9 Å². The highest BCUT2D eigenvalue weighted by Crippen LogP contribution is 2.38. The Balaban J connectivity index is 1.54. The van der Waals surface area contributed by atoms with Gasteiger partial charge in [-0.15, -0.1) is 0 Å². The SMILES string of the molecule is COc1ccc(-n2ccc(-c3ccc(OC)c(OCCN4CCCCC4)c3)c2O)cc1Cl. The van der Waals surface area contributed by atoms with Crippen molar-refractivity contribution in [1.82, 2.24) is 9.47 Å². The monoisotopic (exact) mass is 456 g/mol. The number of benzene rings is 2. The van der Waals surface area contributed by atoms with Crippen molar-refractivity contribution in [3.63, 3.8) is 0 Å². The van der Waals surface area contributed by atoms with E-state index in [1.54, 1.807) is 30.9 Å². The topological polar surface area (TPSA) is 56.1 Å². The molecule has 0 amide bonds. The third-order valence-electron chi connectivity index (χ3n) is 5.86. The van der Waals surface area contributed by atoms with Crippen molar-refractivity contribution >= 4 is 11.6 Å². The van der Waals surface area contributed by atoms with Gasteiger partial charge in [-0.25, -0.2) is 0 Å². The predicted octanol–water partition coefficient (Wildman–Crippen LogP) is 5.39. The lowest BCUT2D eigenvalue weighted by Gasteiger charge is -2.26. The summed E-state index contributed by atoms with van der Waals surface area (Å²) in [5.41, 5.74) is 2.28. The van der Waals surface area contributed by atoms with Crippen LogP contribution in [-0.2, 0) is 0 Å². The summed E-state index contributed by atoms with van der Waals surface area (Å²) in [5, 5.41) is 11.4. The molecule has 0 radical (unpaired) electrons. The smallest absolute Gasteiger partial charge is 0.203 e. The maximum absolute atomic E-state index is 10.9. The molecule has 2 aromatic carbocycles. The van der Waals surface area contributed by atoms with Crippen LogP contribution in [0.15, 0.2) is 48.7 Å². The molecule has 1 saturated heterocycles. The molecule has 1 aliphatic heterocycles. The average Bonchev–Trinajstić information content (AvgIpc) is 3.21. The van der Waals surface area contributed by atoms with Gasteiger partial charge in [-0.1, -0.05) is 24.1 Å². The molecule has 0 unspecified atom stereocenters. The lowest BCUT2D eigenvalue weighted by Crippen LogP contribution is -2.33. The molecule has 6 nitrogen and oxygen atoms in total. The summed E-state index contributed by atoms with van der Waals surface area (Å²) in [6.07, 6.45) is 5.64. The minimum Gasteiger partial charge on any atom is -0.495 e. The van der Waals surface area contributed by atoms with Crippen LogP contribution >= 0.6 is 11.6 Å². The minimum absolute atomic E-state index is 0.121. The fourth-order valence-electron chi connectivity index (χ4n) is 4.09. The maximum Gasteiger partial charge on any atom is 0.203 e. The summed E-state index contributed by atoms with van der Waals surface area (Å²) in [4.78, 5) is 2.44. The van der Waals surface area contributed by atoms with Crippen LogP contribution < -0.4 is 14.2 Å². The predicted molar refractivity (Wildman–Crippen MR) is 127 cm³/mol. The number of aromatic nitrogens is 1. The third-order valence-corrected chi connectivity index (χ3v) is 6.16. The van der Waals surface area contributed by atoms with Gasteiger partial charge in [0.2, 0.25) is 5.88 Å². The van der Waals surface area contributed by atoms with Crippen LogP contribution in [-0.4, -0.2) is 55.0 Å². The zero-order chi connectivity index (χ0) is 22.5. The Bertz CT molecular complexity index is 1060. The fourth-order valence-corrected chi connectivity index (χ4v) is 4.34. The van der Waals surface area contributed by atoms with Crippen molar-refractivity contribution in [2.75, 3.05) is 40.5 Å². The molecule has 1 fully saturated rings. The summed E-state index contributed by atoms with van der Waals surface area (Å²) >= 11 is 6.26. The van der Waals surface area contributed by atoms with Crippen molar-refractivity contribution in [3.8, 4) is 39.9 Å². The molecule has 170 valence electrons. The van der Waals surface area contributed by atoms with Gasteiger partial charge in [0, 0.05) is 18.3 Å². The lowest BCUT2D eigenvalue weighted by atomic mass is 10.1. The van der Waals surface area contributed by atoms with E-state index in [9.17, 15) is 5.11 Å². The fraction of sp³-hybridized carbons (Fsp3) is 0.360. The summed E-state index contributed by atoms with van der Waals surface area (Å²) < 4.78 is 18.5. The second kappa shape index (κ2) is 10.2. The Morgan fingerprint density at radius 3 is 2.38 bits per heavy atom. The van der Waals surface area contributed by atoms with E-state index in [1.807, 2.05) is 36.5 Å². The van der Waals surface area contributed by atoms with Crippen molar-refractivity contribution in [3.05, 3.63) is 53.7 Å². The first-order valence-electron chi connectivity index (χ1n) is 10.9. The molecule has 32 heavy (non-hydrogen) atoms. The van der Waals surface area contributed by atoms with Crippen LogP contribution in [0.5, 0.6) is 23.1 Å². The molecule has 0 atom stereocenters. The van der Waals surface area contributed by atoms with Gasteiger partial charge in [-0.3, -0.25) is 9.47 Å². The molecule has 1 aromatic heterocycles. The molecule has 0 spiro atoms. The number of likely N-dealkylation sites (tertiary alicyclic amines) is 1. The van der Waals surface area contributed by atoms with Crippen LogP contribution in [0.4, 0.5) is 0 Å². The van der Waals surface area contributed by atoms with Crippen molar-refractivity contribution in [2.45, 2.75) is 19.3 Å². The summed E-state index contributed by atoms with van der Waals surface area (Å²) in [5.74, 6) is 2.05. The highest BCUT2D eigenvalue weighted by Gasteiger charge is 2.16. The number of ether oxygens (including phenoxy) is 3. The first kappa shape index (κ1) is 22.4. The van der Waals surface area contributed by atoms with Crippen molar-refractivity contribution < 1.29 is 19.3 Å². The number of rotatable bonds is 8.